The summed E-state index contributed by atoms with van der Waals surface area (Å²) in [6.07, 6.45) is 1.68. The molecule has 1 saturated heterocycles. The van der Waals surface area contributed by atoms with Gasteiger partial charge in [-0.15, -0.1) is 0 Å². The van der Waals surface area contributed by atoms with Gasteiger partial charge in [0.1, 0.15) is 5.54 Å². The van der Waals surface area contributed by atoms with Crippen molar-refractivity contribution in [2.24, 2.45) is 5.92 Å². The van der Waals surface area contributed by atoms with Gasteiger partial charge in [-0.3, -0.25) is 4.79 Å². The number of nitrogens with one attached hydrogen (secondary N) is 1. The first-order valence-corrected chi connectivity index (χ1v) is 6.61. The molecular weight excluding hydrogens is 234 g/mol. The van der Waals surface area contributed by atoms with Crippen LogP contribution in [0.15, 0.2) is 0 Å². The van der Waals surface area contributed by atoms with E-state index < -0.39 is 5.54 Å². The molecule has 0 aromatic rings. The van der Waals surface area contributed by atoms with Gasteiger partial charge in [0.05, 0.1) is 20.3 Å². The molecule has 2 atom stereocenters. The molecule has 0 saturated carbocycles. The molecule has 1 fully saturated rings. The van der Waals surface area contributed by atoms with Crippen LogP contribution in [0.1, 0.15) is 26.7 Å². The van der Waals surface area contributed by atoms with E-state index in [1.165, 1.54) is 7.11 Å². The van der Waals surface area contributed by atoms with Crippen LogP contribution in [-0.4, -0.2) is 51.6 Å². The zero-order valence-electron chi connectivity index (χ0n) is 11.7. The van der Waals surface area contributed by atoms with Crippen molar-refractivity contribution < 1.29 is 19.0 Å². The summed E-state index contributed by atoms with van der Waals surface area (Å²) < 4.78 is 15.7. The van der Waals surface area contributed by atoms with Crippen LogP contribution in [0.3, 0.4) is 0 Å². The molecule has 1 aliphatic rings. The smallest absolute Gasteiger partial charge is 0.325 e. The lowest BCUT2D eigenvalue weighted by Gasteiger charge is -2.27. The lowest BCUT2D eigenvalue weighted by molar-refractivity contribution is -0.148. The van der Waals surface area contributed by atoms with Crippen LogP contribution in [0.25, 0.3) is 0 Å². The Hall–Kier alpha value is -0.650. The summed E-state index contributed by atoms with van der Waals surface area (Å²) in [5.74, 6) is 0.269. The molecule has 0 aliphatic carbocycles. The van der Waals surface area contributed by atoms with Gasteiger partial charge in [0.25, 0.3) is 0 Å². The maximum Gasteiger partial charge on any atom is 0.325 e. The normalized spacial score (nSPS) is 22.7. The second-order valence-electron chi connectivity index (χ2n) is 4.91. The molecule has 0 bridgehead atoms. The van der Waals surface area contributed by atoms with E-state index in [2.05, 4.69) is 5.32 Å². The van der Waals surface area contributed by atoms with Crippen molar-refractivity contribution in [3.8, 4) is 0 Å². The molecule has 5 nitrogen and oxygen atoms in total. The molecule has 1 aliphatic heterocycles. The molecule has 106 valence electrons. The van der Waals surface area contributed by atoms with Crippen molar-refractivity contribution in [1.29, 1.82) is 0 Å². The average molecular weight is 259 g/mol. The molecular formula is C13H25NO4. The van der Waals surface area contributed by atoms with E-state index in [9.17, 15) is 4.79 Å². The van der Waals surface area contributed by atoms with Crippen molar-refractivity contribution in [2.45, 2.75) is 32.2 Å². The molecule has 5 heteroatoms. The van der Waals surface area contributed by atoms with E-state index in [0.29, 0.717) is 25.6 Å². The molecule has 0 aromatic carbocycles. The third-order valence-corrected chi connectivity index (χ3v) is 3.33. The molecule has 1 rings (SSSR count). The molecule has 2 unspecified atom stereocenters. The zero-order chi connectivity index (χ0) is 13.4. The number of ether oxygens (including phenoxy) is 3. The van der Waals surface area contributed by atoms with E-state index >= 15 is 0 Å². The van der Waals surface area contributed by atoms with Crippen LogP contribution in [0.5, 0.6) is 0 Å². The minimum atomic E-state index is -0.657. The summed E-state index contributed by atoms with van der Waals surface area (Å²) in [6, 6.07) is 0. The Balaban J connectivity index is 2.26. The Kier molecular flexibility index (Phi) is 6.60. The Morgan fingerprint density at radius 3 is 2.89 bits per heavy atom. The number of esters is 1. The molecule has 0 aromatic heterocycles. The predicted molar refractivity (Wildman–Crippen MR) is 68.5 cm³/mol. The van der Waals surface area contributed by atoms with Gasteiger partial charge in [-0.1, -0.05) is 6.92 Å². The highest BCUT2D eigenvalue weighted by Crippen LogP contribution is 2.15. The Morgan fingerprint density at radius 2 is 2.33 bits per heavy atom. The number of methoxy groups -OCH3 is 1. The maximum absolute atomic E-state index is 11.7. The number of rotatable bonds is 8. The van der Waals surface area contributed by atoms with Crippen molar-refractivity contribution in [3.05, 3.63) is 0 Å². The number of carbonyl (C=O) groups excluding carboxylic acids is 1. The van der Waals surface area contributed by atoms with E-state index in [1.54, 1.807) is 0 Å². The summed E-state index contributed by atoms with van der Waals surface area (Å²) >= 11 is 0. The minimum absolute atomic E-state index is 0.239. The minimum Gasteiger partial charge on any atom is -0.468 e. The van der Waals surface area contributed by atoms with Gasteiger partial charge < -0.3 is 19.5 Å². The van der Waals surface area contributed by atoms with Crippen LogP contribution in [0.2, 0.25) is 0 Å². The molecule has 1 heterocycles. The van der Waals surface area contributed by atoms with Crippen molar-refractivity contribution in [1.82, 2.24) is 5.32 Å². The highest BCUT2D eigenvalue weighted by Gasteiger charge is 2.33. The van der Waals surface area contributed by atoms with E-state index in [1.807, 2.05) is 13.8 Å². The lowest BCUT2D eigenvalue weighted by atomic mass is 9.98. The predicted octanol–water partition coefficient (Wildman–Crippen LogP) is 0.971. The molecule has 18 heavy (non-hydrogen) atoms. The van der Waals surface area contributed by atoms with Gasteiger partial charge >= 0.3 is 5.97 Å². The summed E-state index contributed by atoms with van der Waals surface area (Å²) in [7, 11) is 1.41. The molecule has 0 amide bonds. The third-order valence-electron chi connectivity index (χ3n) is 3.33. The fourth-order valence-electron chi connectivity index (χ4n) is 2.12. The van der Waals surface area contributed by atoms with E-state index in [0.717, 1.165) is 26.2 Å². The van der Waals surface area contributed by atoms with Gasteiger partial charge in [-0.2, -0.15) is 0 Å². The second-order valence-corrected chi connectivity index (χ2v) is 4.91. The van der Waals surface area contributed by atoms with E-state index in [-0.39, 0.29) is 5.97 Å². The standard InChI is InChI=1S/C13H25NO4/c1-4-14-13(2,12(15)16-3)6-8-18-10-11-5-7-17-9-11/h11,14H,4-10H2,1-3H3. The van der Waals surface area contributed by atoms with Crippen molar-refractivity contribution in [3.63, 3.8) is 0 Å². The fourth-order valence-corrected chi connectivity index (χ4v) is 2.12. The first-order chi connectivity index (χ1) is 8.62. The Labute approximate surface area is 109 Å². The van der Waals surface area contributed by atoms with Gasteiger partial charge in [-0.25, -0.2) is 0 Å². The SMILES string of the molecule is CCNC(C)(CCOCC1CCOC1)C(=O)OC. The van der Waals surface area contributed by atoms with Gasteiger partial charge in [-0.05, 0) is 26.3 Å². The van der Waals surface area contributed by atoms with Crippen molar-refractivity contribution >= 4 is 5.97 Å². The topological polar surface area (TPSA) is 56.8 Å². The number of hydrogen-bond acceptors (Lipinski definition) is 5. The number of carbonyl (C=O) groups is 1. The van der Waals surface area contributed by atoms with Crippen LogP contribution in [0, 0.1) is 5.92 Å². The zero-order valence-corrected chi connectivity index (χ0v) is 11.7. The highest BCUT2D eigenvalue weighted by molar-refractivity contribution is 5.80. The van der Waals surface area contributed by atoms with Gasteiger partial charge in [0.15, 0.2) is 0 Å². The fraction of sp³-hybridized carbons (Fsp3) is 0.923. The molecule has 0 radical (unpaired) electrons. The summed E-state index contributed by atoms with van der Waals surface area (Å²) in [4.78, 5) is 11.7. The largest absolute Gasteiger partial charge is 0.468 e. The highest BCUT2D eigenvalue weighted by atomic mass is 16.5. The van der Waals surface area contributed by atoms with Gasteiger partial charge in [0, 0.05) is 19.1 Å². The van der Waals surface area contributed by atoms with E-state index in [4.69, 9.17) is 14.2 Å². The first-order valence-electron chi connectivity index (χ1n) is 6.61. The summed E-state index contributed by atoms with van der Waals surface area (Å²) in [5, 5.41) is 3.16. The van der Waals surface area contributed by atoms with Crippen LogP contribution in [0.4, 0.5) is 0 Å². The molecule has 1 N–H and O–H groups in total. The lowest BCUT2D eigenvalue weighted by Crippen LogP contribution is -2.50. The average Bonchev–Trinajstić information content (AvgIpc) is 2.87. The second kappa shape index (κ2) is 7.71. The molecule has 0 spiro atoms. The quantitative estimate of drug-likeness (QED) is 0.520. The Bertz CT molecular complexity index is 253. The third kappa shape index (κ3) is 4.55. The van der Waals surface area contributed by atoms with Crippen LogP contribution < -0.4 is 5.32 Å². The monoisotopic (exact) mass is 259 g/mol. The summed E-state index contributed by atoms with van der Waals surface area (Å²) in [5.41, 5.74) is -0.657. The first kappa shape index (κ1) is 15.4. The van der Waals surface area contributed by atoms with Gasteiger partial charge in [0.2, 0.25) is 0 Å². The van der Waals surface area contributed by atoms with Crippen molar-refractivity contribution in [2.75, 3.05) is 40.1 Å². The summed E-state index contributed by atoms with van der Waals surface area (Å²) in [6.45, 7) is 7.44. The van der Waals surface area contributed by atoms with Crippen LogP contribution in [-0.2, 0) is 19.0 Å². The van der Waals surface area contributed by atoms with Crippen LogP contribution >= 0.6 is 0 Å². The number of likely N-dealkylation sites (N-methyl/N-ethyl adjacent to an activating group) is 1. The Morgan fingerprint density at radius 1 is 1.56 bits per heavy atom. The maximum atomic E-state index is 11.7. The number of hydrogen-bond donors (Lipinski definition) is 1.